The second kappa shape index (κ2) is 9.39. The highest BCUT2D eigenvalue weighted by atomic mass is 19.1. The fraction of sp³-hybridized carbons (Fsp3) is 0.185. The quantitative estimate of drug-likeness (QED) is 0.312. The molecular formula is C27H24FNO5. The maximum atomic E-state index is 14.0. The highest BCUT2D eigenvalue weighted by Gasteiger charge is 2.47. The molecule has 1 heterocycles. The Morgan fingerprint density at radius 3 is 2.41 bits per heavy atom. The number of halogens is 1. The Balaban J connectivity index is 1.91. The van der Waals surface area contributed by atoms with Gasteiger partial charge in [-0.25, -0.2) is 4.39 Å². The number of aryl methyl sites for hydroxylation is 1. The maximum absolute atomic E-state index is 14.0. The van der Waals surface area contributed by atoms with Crippen LogP contribution in [-0.2, 0) is 9.59 Å². The van der Waals surface area contributed by atoms with E-state index >= 15 is 0 Å². The van der Waals surface area contributed by atoms with Gasteiger partial charge in [0, 0.05) is 11.3 Å². The lowest BCUT2D eigenvalue weighted by atomic mass is 9.94. The predicted octanol–water partition coefficient (Wildman–Crippen LogP) is 5.17. The Morgan fingerprint density at radius 1 is 1.06 bits per heavy atom. The Morgan fingerprint density at radius 2 is 1.79 bits per heavy atom. The van der Waals surface area contributed by atoms with E-state index in [9.17, 15) is 19.1 Å². The largest absolute Gasteiger partial charge is 0.507 e. The van der Waals surface area contributed by atoms with Crippen LogP contribution in [0.2, 0.25) is 0 Å². The third kappa shape index (κ3) is 4.12. The molecule has 1 unspecified atom stereocenters. The molecule has 1 aliphatic heterocycles. The number of rotatable bonds is 6. The van der Waals surface area contributed by atoms with Crippen molar-refractivity contribution in [1.29, 1.82) is 0 Å². The number of ether oxygens (including phenoxy) is 2. The predicted molar refractivity (Wildman–Crippen MR) is 127 cm³/mol. The standard InChI is InChI=1S/C27H24FNO5/c1-4-34-22-13-10-18(14-16(22)2)25(30)23-24(17-8-11-21(33-3)12-9-17)29(27(32)26(23)31)20-7-5-6-19(28)15-20/h5-15,24,30H,4H2,1-3H3/b25-23+. The number of hydrogen-bond donors (Lipinski definition) is 1. The zero-order chi connectivity index (χ0) is 24.4. The summed E-state index contributed by atoms with van der Waals surface area (Å²) in [6, 6.07) is 16.3. The zero-order valence-electron chi connectivity index (χ0n) is 19.0. The molecule has 0 aliphatic carbocycles. The van der Waals surface area contributed by atoms with Crippen molar-refractivity contribution in [2.75, 3.05) is 18.6 Å². The maximum Gasteiger partial charge on any atom is 0.300 e. The van der Waals surface area contributed by atoms with Gasteiger partial charge < -0.3 is 14.6 Å². The number of amides is 1. The summed E-state index contributed by atoms with van der Waals surface area (Å²) < 4.78 is 24.8. The molecule has 1 N–H and O–H groups in total. The van der Waals surface area contributed by atoms with Gasteiger partial charge in [-0.1, -0.05) is 18.2 Å². The van der Waals surface area contributed by atoms with Crippen molar-refractivity contribution in [2.45, 2.75) is 19.9 Å². The van der Waals surface area contributed by atoms with Crippen LogP contribution >= 0.6 is 0 Å². The summed E-state index contributed by atoms with van der Waals surface area (Å²) in [4.78, 5) is 27.5. The van der Waals surface area contributed by atoms with Gasteiger partial charge >= 0.3 is 0 Å². The van der Waals surface area contributed by atoms with E-state index in [1.807, 2.05) is 13.8 Å². The Kier molecular flexibility index (Phi) is 6.36. The molecule has 6 nitrogen and oxygen atoms in total. The molecule has 0 radical (unpaired) electrons. The minimum atomic E-state index is -0.959. The zero-order valence-corrected chi connectivity index (χ0v) is 19.0. The van der Waals surface area contributed by atoms with E-state index in [0.29, 0.717) is 29.2 Å². The van der Waals surface area contributed by atoms with Crippen LogP contribution < -0.4 is 14.4 Å². The van der Waals surface area contributed by atoms with Crippen LogP contribution in [0.15, 0.2) is 72.3 Å². The number of carbonyl (C=O) groups is 2. The van der Waals surface area contributed by atoms with Crippen molar-refractivity contribution in [3.8, 4) is 11.5 Å². The fourth-order valence-electron chi connectivity index (χ4n) is 4.10. The van der Waals surface area contributed by atoms with Gasteiger partial charge in [0.25, 0.3) is 11.7 Å². The fourth-order valence-corrected chi connectivity index (χ4v) is 4.10. The number of nitrogens with zero attached hydrogens (tertiary/aromatic N) is 1. The summed E-state index contributed by atoms with van der Waals surface area (Å²) in [5.74, 6) is -1.32. The minimum Gasteiger partial charge on any atom is -0.507 e. The van der Waals surface area contributed by atoms with Crippen LogP contribution in [0.3, 0.4) is 0 Å². The first kappa shape index (κ1) is 23.0. The van der Waals surface area contributed by atoms with Crippen LogP contribution in [-0.4, -0.2) is 30.5 Å². The molecule has 1 fully saturated rings. The van der Waals surface area contributed by atoms with Crippen LogP contribution in [0.25, 0.3) is 5.76 Å². The molecule has 0 aromatic heterocycles. The molecule has 1 amide bonds. The van der Waals surface area contributed by atoms with Crippen LogP contribution in [0.4, 0.5) is 10.1 Å². The third-order valence-electron chi connectivity index (χ3n) is 5.71. The first-order valence-corrected chi connectivity index (χ1v) is 10.8. The molecule has 0 saturated carbocycles. The van der Waals surface area contributed by atoms with Gasteiger partial charge in [-0.15, -0.1) is 0 Å². The van der Waals surface area contributed by atoms with Crippen molar-refractivity contribution in [3.05, 3.63) is 94.8 Å². The third-order valence-corrected chi connectivity index (χ3v) is 5.71. The number of benzene rings is 3. The van der Waals surface area contributed by atoms with Gasteiger partial charge in [0.05, 0.1) is 25.3 Å². The van der Waals surface area contributed by atoms with E-state index in [4.69, 9.17) is 9.47 Å². The Bertz CT molecular complexity index is 1280. The smallest absolute Gasteiger partial charge is 0.300 e. The van der Waals surface area contributed by atoms with Crippen molar-refractivity contribution in [1.82, 2.24) is 0 Å². The Labute approximate surface area is 196 Å². The van der Waals surface area contributed by atoms with Gasteiger partial charge in [-0.3, -0.25) is 14.5 Å². The lowest BCUT2D eigenvalue weighted by molar-refractivity contribution is -0.132. The number of ketones is 1. The molecule has 3 aromatic carbocycles. The van der Waals surface area contributed by atoms with E-state index in [-0.39, 0.29) is 17.0 Å². The average Bonchev–Trinajstić information content (AvgIpc) is 3.10. The summed E-state index contributed by atoms with van der Waals surface area (Å²) in [5.41, 5.74) is 1.84. The summed E-state index contributed by atoms with van der Waals surface area (Å²) in [6.45, 7) is 4.19. The first-order valence-electron chi connectivity index (χ1n) is 10.8. The van der Waals surface area contributed by atoms with E-state index in [1.165, 1.54) is 30.2 Å². The lowest BCUT2D eigenvalue weighted by Gasteiger charge is -2.25. The highest BCUT2D eigenvalue weighted by Crippen LogP contribution is 2.42. The number of aliphatic hydroxyl groups is 1. The first-order chi connectivity index (χ1) is 16.3. The molecule has 34 heavy (non-hydrogen) atoms. The molecular weight excluding hydrogens is 437 g/mol. The number of methoxy groups -OCH3 is 1. The van der Waals surface area contributed by atoms with Crippen molar-refractivity contribution in [3.63, 3.8) is 0 Å². The Hall–Kier alpha value is -4.13. The molecule has 0 spiro atoms. The van der Waals surface area contributed by atoms with Crippen LogP contribution in [0, 0.1) is 12.7 Å². The molecule has 1 saturated heterocycles. The number of hydrogen-bond acceptors (Lipinski definition) is 5. The molecule has 1 aliphatic rings. The van der Waals surface area contributed by atoms with Gasteiger partial charge in [0.2, 0.25) is 0 Å². The number of Topliss-reactive ketones (excluding diaryl/α,β-unsaturated/α-hetero) is 1. The minimum absolute atomic E-state index is 0.0806. The van der Waals surface area contributed by atoms with E-state index < -0.39 is 23.5 Å². The molecule has 1 atom stereocenters. The van der Waals surface area contributed by atoms with E-state index in [0.717, 1.165) is 5.56 Å². The molecule has 7 heteroatoms. The topological polar surface area (TPSA) is 76.1 Å². The summed E-state index contributed by atoms with van der Waals surface area (Å²) in [7, 11) is 1.53. The van der Waals surface area contributed by atoms with Crippen molar-refractivity contribution in [2.24, 2.45) is 0 Å². The highest BCUT2D eigenvalue weighted by molar-refractivity contribution is 6.51. The van der Waals surface area contributed by atoms with Gasteiger partial charge in [0.1, 0.15) is 23.1 Å². The van der Waals surface area contributed by atoms with Crippen LogP contribution in [0.1, 0.15) is 29.7 Å². The number of aliphatic hydroxyl groups excluding tert-OH is 1. The number of carbonyl (C=O) groups excluding carboxylic acids is 2. The summed E-state index contributed by atoms with van der Waals surface area (Å²) in [5, 5.41) is 11.2. The summed E-state index contributed by atoms with van der Waals surface area (Å²) >= 11 is 0. The summed E-state index contributed by atoms with van der Waals surface area (Å²) in [6.07, 6.45) is 0. The van der Waals surface area contributed by atoms with Gasteiger partial charge in [-0.05, 0) is 73.5 Å². The van der Waals surface area contributed by atoms with Crippen molar-refractivity contribution >= 4 is 23.1 Å². The van der Waals surface area contributed by atoms with Crippen LogP contribution in [0.5, 0.6) is 11.5 Å². The second-order valence-electron chi connectivity index (χ2n) is 7.84. The second-order valence-corrected chi connectivity index (χ2v) is 7.84. The lowest BCUT2D eigenvalue weighted by Crippen LogP contribution is -2.29. The van der Waals surface area contributed by atoms with Gasteiger partial charge in [-0.2, -0.15) is 0 Å². The average molecular weight is 461 g/mol. The monoisotopic (exact) mass is 461 g/mol. The molecule has 0 bridgehead atoms. The van der Waals surface area contributed by atoms with Crippen molar-refractivity contribution < 1.29 is 28.6 Å². The van der Waals surface area contributed by atoms with Gasteiger partial charge in [0.15, 0.2) is 0 Å². The molecule has 174 valence electrons. The van der Waals surface area contributed by atoms with E-state index in [1.54, 1.807) is 48.5 Å². The normalized spacial score (nSPS) is 17.2. The number of anilines is 1. The SMILES string of the molecule is CCOc1ccc(/C(O)=C2\C(=O)C(=O)N(c3cccc(F)c3)C2c2ccc(OC)cc2)cc1C. The van der Waals surface area contributed by atoms with E-state index in [2.05, 4.69) is 0 Å². The molecule has 3 aromatic rings. The molecule has 4 rings (SSSR count).